The molecule has 0 saturated heterocycles. The summed E-state index contributed by atoms with van der Waals surface area (Å²) >= 11 is 0. The molecule has 23 heavy (non-hydrogen) atoms. The minimum absolute atomic E-state index is 0.169. The molecule has 3 rings (SSSR count). The molecule has 0 aliphatic carbocycles. The van der Waals surface area contributed by atoms with E-state index in [9.17, 15) is 4.79 Å². The van der Waals surface area contributed by atoms with Crippen LogP contribution in [-0.4, -0.2) is 17.6 Å². The Labute approximate surface area is 135 Å². The standard InChI is InChI=1S/C19H18N2O2/c1-14-7-9-16(10-8-14)18-17(13-21-23-18)19(22)20-12-11-15-5-3-2-4-6-15/h2-10,13H,11-12H2,1H3,(H,20,22). The number of nitrogens with one attached hydrogen (secondary N) is 1. The van der Waals surface area contributed by atoms with E-state index in [2.05, 4.69) is 10.5 Å². The van der Waals surface area contributed by atoms with E-state index in [1.165, 1.54) is 11.8 Å². The topological polar surface area (TPSA) is 55.1 Å². The summed E-state index contributed by atoms with van der Waals surface area (Å²) in [6.45, 7) is 2.59. The van der Waals surface area contributed by atoms with Crippen molar-refractivity contribution < 1.29 is 9.32 Å². The Balaban J connectivity index is 1.66. The predicted octanol–water partition coefficient (Wildman–Crippen LogP) is 3.62. The number of aromatic nitrogens is 1. The van der Waals surface area contributed by atoms with Crippen LogP contribution in [-0.2, 0) is 6.42 Å². The molecular weight excluding hydrogens is 288 g/mol. The van der Waals surface area contributed by atoms with Crippen LogP contribution in [0.3, 0.4) is 0 Å². The van der Waals surface area contributed by atoms with E-state index in [1.807, 2.05) is 61.5 Å². The normalized spacial score (nSPS) is 10.5. The second-order valence-electron chi connectivity index (χ2n) is 5.43. The van der Waals surface area contributed by atoms with E-state index >= 15 is 0 Å². The molecule has 0 saturated carbocycles. The Morgan fingerprint density at radius 2 is 1.83 bits per heavy atom. The van der Waals surface area contributed by atoms with E-state index < -0.39 is 0 Å². The zero-order chi connectivity index (χ0) is 16.1. The number of benzene rings is 2. The van der Waals surface area contributed by atoms with Gasteiger partial charge in [0.25, 0.3) is 5.91 Å². The number of rotatable bonds is 5. The SMILES string of the molecule is Cc1ccc(-c2oncc2C(=O)NCCc2ccccc2)cc1. The minimum Gasteiger partial charge on any atom is -0.355 e. The third-order valence-electron chi connectivity index (χ3n) is 3.67. The third kappa shape index (κ3) is 3.66. The molecule has 116 valence electrons. The average Bonchev–Trinajstić information content (AvgIpc) is 3.06. The van der Waals surface area contributed by atoms with Crippen molar-refractivity contribution in [3.8, 4) is 11.3 Å². The molecule has 4 nitrogen and oxygen atoms in total. The molecule has 0 aliphatic rings. The molecule has 3 aromatic rings. The fraction of sp³-hybridized carbons (Fsp3) is 0.158. The monoisotopic (exact) mass is 306 g/mol. The summed E-state index contributed by atoms with van der Waals surface area (Å²) in [6.07, 6.45) is 2.25. The van der Waals surface area contributed by atoms with Gasteiger partial charge in [0.05, 0.1) is 6.20 Å². The van der Waals surface area contributed by atoms with Gasteiger partial charge < -0.3 is 9.84 Å². The molecule has 1 heterocycles. The molecule has 1 aromatic heterocycles. The lowest BCUT2D eigenvalue weighted by Gasteiger charge is -2.05. The smallest absolute Gasteiger partial charge is 0.256 e. The maximum absolute atomic E-state index is 12.3. The van der Waals surface area contributed by atoms with Crippen LogP contribution in [0.25, 0.3) is 11.3 Å². The molecule has 0 bridgehead atoms. The maximum Gasteiger partial charge on any atom is 0.256 e. The van der Waals surface area contributed by atoms with Crippen molar-refractivity contribution >= 4 is 5.91 Å². The second kappa shape index (κ2) is 6.92. The molecule has 1 amide bonds. The van der Waals surface area contributed by atoms with Crippen molar-refractivity contribution in [3.05, 3.63) is 77.5 Å². The van der Waals surface area contributed by atoms with Crippen LogP contribution in [0.4, 0.5) is 0 Å². The Morgan fingerprint density at radius 3 is 2.57 bits per heavy atom. The second-order valence-corrected chi connectivity index (χ2v) is 5.43. The zero-order valence-corrected chi connectivity index (χ0v) is 13.0. The Hall–Kier alpha value is -2.88. The summed E-state index contributed by atoms with van der Waals surface area (Å²) in [4.78, 5) is 12.3. The number of carbonyl (C=O) groups excluding carboxylic acids is 1. The maximum atomic E-state index is 12.3. The van der Waals surface area contributed by atoms with E-state index in [0.29, 0.717) is 17.9 Å². The lowest BCUT2D eigenvalue weighted by atomic mass is 10.1. The van der Waals surface area contributed by atoms with Gasteiger partial charge in [0.1, 0.15) is 5.56 Å². The highest BCUT2D eigenvalue weighted by atomic mass is 16.5. The number of nitrogens with zero attached hydrogens (tertiary/aromatic N) is 1. The van der Waals surface area contributed by atoms with Crippen molar-refractivity contribution in [1.29, 1.82) is 0 Å². The number of aryl methyl sites for hydroxylation is 1. The summed E-state index contributed by atoms with van der Waals surface area (Å²) in [5.41, 5.74) is 3.65. The lowest BCUT2D eigenvalue weighted by Crippen LogP contribution is -2.25. The summed E-state index contributed by atoms with van der Waals surface area (Å²) in [6, 6.07) is 17.9. The van der Waals surface area contributed by atoms with Gasteiger partial charge in [-0.25, -0.2) is 0 Å². The first-order valence-corrected chi connectivity index (χ1v) is 7.58. The molecule has 2 aromatic carbocycles. The van der Waals surface area contributed by atoms with Crippen LogP contribution in [0, 0.1) is 6.92 Å². The highest BCUT2D eigenvalue weighted by Gasteiger charge is 2.17. The summed E-state index contributed by atoms with van der Waals surface area (Å²) < 4.78 is 5.27. The van der Waals surface area contributed by atoms with Gasteiger partial charge in [0.2, 0.25) is 0 Å². The van der Waals surface area contributed by atoms with Crippen molar-refractivity contribution in [2.75, 3.05) is 6.54 Å². The van der Waals surface area contributed by atoms with Crippen LogP contribution in [0.1, 0.15) is 21.5 Å². The fourth-order valence-electron chi connectivity index (χ4n) is 2.37. The number of carbonyl (C=O) groups is 1. The molecule has 0 atom stereocenters. The van der Waals surface area contributed by atoms with E-state index in [-0.39, 0.29) is 5.91 Å². The minimum atomic E-state index is -0.169. The van der Waals surface area contributed by atoms with E-state index in [4.69, 9.17) is 4.52 Å². The van der Waals surface area contributed by atoms with Gasteiger partial charge in [-0.3, -0.25) is 4.79 Å². The van der Waals surface area contributed by atoms with Crippen molar-refractivity contribution in [1.82, 2.24) is 10.5 Å². The van der Waals surface area contributed by atoms with Crippen molar-refractivity contribution in [2.24, 2.45) is 0 Å². The number of hydrogen-bond donors (Lipinski definition) is 1. The molecule has 0 unspecified atom stereocenters. The van der Waals surface area contributed by atoms with Gasteiger partial charge in [-0.05, 0) is 18.9 Å². The van der Waals surface area contributed by atoms with Crippen LogP contribution < -0.4 is 5.32 Å². The van der Waals surface area contributed by atoms with Crippen molar-refractivity contribution in [3.63, 3.8) is 0 Å². The summed E-state index contributed by atoms with van der Waals surface area (Å²) in [7, 11) is 0. The van der Waals surface area contributed by atoms with Gasteiger partial charge in [-0.1, -0.05) is 65.3 Å². The quantitative estimate of drug-likeness (QED) is 0.783. The van der Waals surface area contributed by atoms with Crippen LogP contribution in [0.2, 0.25) is 0 Å². The molecule has 0 aliphatic heterocycles. The van der Waals surface area contributed by atoms with E-state index in [0.717, 1.165) is 17.5 Å². The Kier molecular flexibility index (Phi) is 4.52. The molecule has 0 spiro atoms. The lowest BCUT2D eigenvalue weighted by molar-refractivity contribution is 0.0954. The zero-order valence-electron chi connectivity index (χ0n) is 13.0. The molecule has 1 N–H and O–H groups in total. The van der Waals surface area contributed by atoms with Gasteiger partial charge >= 0.3 is 0 Å². The first-order valence-electron chi connectivity index (χ1n) is 7.58. The summed E-state index contributed by atoms with van der Waals surface area (Å²) in [5.74, 6) is 0.333. The Bertz CT molecular complexity index is 777. The molecule has 0 radical (unpaired) electrons. The fourth-order valence-corrected chi connectivity index (χ4v) is 2.37. The number of amides is 1. The van der Waals surface area contributed by atoms with E-state index in [1.54, 1.807) is 0 Å². The predicted molar refractivity (Wildman–Crippen MR) is 89.2 cm³/mol. The average molecular weight is 306 g/mol. The van der Waals surface area contributed by atoms with Gasteiger partial charge in [0, 0.05) is 12.1 Å². The Morgan fingerprint density at radius 1 is 1.09 bits per heavy atom. The highest BCUT2D eigenvalue weighted by molar-refractivity contribution is 5.99. The number of hydrogen-bond acceptors (Lipinski definition) is 3. The van der Waals surface area contributed by atoms with Gasteiger partial charge in [-0.2, -0.15) is 0 Å². The first kappa shape index (κ1) is 15.0. The van der Waals surface area contributed by atoms with Gasteiger partial charge in [0.15, 0.2) is 5.76 Å². The highest BCUT2D eigenvalue weighted by Crippen LogP contribution is 2.23. The largest absolute Gasteiger partial charge is 0.355 e. The molecule has 0 fully saturated rings. The van der Waals surface area contributed by atoms with Crippen LogP contribution in [0.5, 0.6) is 0 Å². The molecule has 4 heteroatoms. The van der Waals surface area contributed by atoms with Crippen molar-refractivity contribution in [2.45, 2.75) is 13.3 Å². The summed E-state index contributed by atoms with van der Waals surface area (Å²) in [5, 5.41) is 6.69. The first-order chi connectivity index (χ1) is 11.2. The third-order valence-corrected chi connectivity index (χ3v) is 3.67. The van der Waals surface area contributed by atoms with Gasteiger partial charge in [-0.15, -0.1) is 0 Å². The molecular formula is C19H18N2O2. The van der Waals surface area contributed by atoms with Crippen LogP contribution in [0.15, 0.2) is 65.3 Å². The van der Waals surface area contributed by atoms with Crippen LogP contribution >= 0.6 is 0 Å².